The molecule has 3 N–H and O–H groups in total. The number of rotatable bonds is 8. The van der Waals surface area contributed by atoms with Crippen LogP contribution in [0.5, 0.6) is 5.75 Å². The molecule has 4 amide bonds. The topological polar surface area (TPSA) is 143 Å². The van der Waals surface area contributed by atoms with Crippen molar-refractivity contribution in [2.45, 2.75) is 43.0 Å². The van der Waals surface area contributed by atoms with Gasteiger partial charge in [-0.25, -0.2) is 17.9 Å². The molecule has 11 nitrogen and oxygen atoms in total. The lowest BCUT2D eigenvalue weighted by molar-refractivity contribution is -0.134. The van der Waals surface area contributed by atoms with Crippen LogP contribution in [0, 0.1) is 5.92 Å². The van der Waals surface area contributed by atoms with E-state index in [2.05, 4.69) is 22.4 Å². The number of sulfonamides is 1. The zero-order valence-electron chi connectivity index (χ0n) is 18.3. The average molecular weight is 469 g/mol. The van der Waals surface area contributed by atoms with Gasteiger partial charge in [0, 0.05) is 19.2 Å². The van der Waals surface area contributed by atoms with Gasteiger partial charge in [-0.15, -0.1) is 0 Å². The van der Waals surface area contributed by atoms with Crippen LogP contribution in [-0.2, 0) is 19.6 Å². The molecule has 0 radical (unpaired) electrons. The fourth-order valence-corrected chi connectivity index (χ4v) is 5.07. The number of methoxy groups -OCH3 is 2. The number of benzene rings is 1. The summed E-state index contributed by atoms with van der Waals surface area (Å²) in [5.74, 6) is -0.807. The summed E-state index contributed by atoms with van der Waals surface area (Å²) in [5.41, 5.74) is 1.24. The highest BCUT2D eigenvalue weighted by Gasteiger charge is 2.53. The number of ether oxygens (including phenoxy) is 2. The van der Waals surface area contributed by atoms with Crippen LogP contribution in [0.25, 0.3) is 0 Å². The number of nitrogens with one attached hydrogen (secondary N) is 3. The van der Waals surface area contributed by atoms with Crippen LogP contribution in [0.15, 0.2) is 23.1 Å². The van der Waals surface area contributed by atoms with Crippen molar-refractivity contribution in [2.24, 2.45) is 5.92 Å². The third-order valence-electron chi connectivity index (χ3n) is 5.82. The first-order valence-corrected chi connectivity index (χ1v) is 11.8. The Labute approximate surface area is 186 Å². The second-order valence-corrected chi connectivity index (χ2v) is 9.77. The standard InChI is InChI=1S/C20H28N4O7S/c1-13-6-8-20(9-7-13)18(26)24(19(27)22-20)23-17(25)14-4-5-15(31-3)16(12-14)32(28,29)21-10-11-30-2/h4-5,12-13,21H,6-11H2,1-3H3,(H,22,27)(H,23,25). The van der Waals surface area contributed by atoms with E-state index in [4.69, 9.17) is 9.47 Å². The molecule has 1 heterocycles. The normalized spacial score (nSPS) is 23.3. The van der Waals surface area contributed by atoms with Gasteiger partial charge in [0.1, 0.15) is 16.2 Å². The number of amides is 4. The predicted molar refractivity (Wildman–Crippen MR) is 113 cm³/mol. The van der Waals surface area contributed by atoms with Gasteiger partial charge in [-0.3, -0.25) is 15.0 Å². The number of hydrogen-bond acceptors (Lipinski definition) is 7. The van der Waals surface area contributed by atoms with Crippen LogP contribution in [0.4, 0.5) is 4.79 Å². The quantitative estimate of drug-likeness (QED) is 0.378. The molecule has 2 fully saturated rings. The Bertz CT molecular complexity index is 1000. The number of imide groups is 1. The van der Waals surface area contributed by atoms with Gasteiger partial charge in [0.15, 0.2) is 0 Å². The lowest BCUT2D eigenvalue weighted by atomic mass is 9.77. The summed E-state index contributed by atoms with van der Waals surface area (Å²) in [6.07, 6.45) is 2.60. The molecule has 3 rings (SSSR count). The minimum atomic E-state index is -4.00. The molecule has 1 spiro atoms. The zero-order valence-corrected chi connectivity index (χ0v) is 19.1. The Morgan fingerprint density at radius 3 is 2.56 bits per heavy atom. The third-order valence-corrected chi connectivity index (χ3v) is 7.30. The van der Waals surface area contributed by atoms with E-state index in [1.165, 1.54) is 26.4 Å². The number of carbonyl (C=O) groups excluding carboxylic acids is 3. The molecule has 1 aromatic rings. The molecule has 1 saturated carbocycles. The van der Waals surface area contributed by atoms with Crippen LogP contribution < -0.4 is 20.2 Å². The Balaban J connectivity index is 1.79. The summed E-state index contributed by atoms with van der Waals surface area (Å²) in [4.78, 5) is 37.9. The second kappa shape index (κ2) is 9.43. The molecule has 2 aliphatic rings. The van der Waals surface area contributed by atoms with E-state index in [9.17, 15) is 22.8 Å². The van der Waals surface area contributed by atoms with Crippen molar-refractivity contribution < 1.29 is 32.3 Å². The molecule has 1 aliphatic carbocycles. The van der Waals surface area contributed by atoms with E-state index in [0.29, 0.717) is 23.8 Å². The Hall–Kier alpha value is -2.70. The largest absolute Gasteiger partial charge is 0.495 e. The highest BCUT2D eigenvalue weighted by atomic mass is 32.2. The van der Waals surface area contributed by atoms with Gasteiger partial charge >= 0.3 is 6.03 Å². The molecule has 0 unspecified atom stereocenters. The Kier molecular flexibility index (Phi) is 7.06. The van der Waals surface area contributed by atoms with Crippen molar-refractivity contribution in [1.29, 1.82) is 0 Å². The maximum absolute atomic E-state index is 12.9. The van der Waals surface area contributed by atoms with Gasteiger partial charge < -0.3 is 14.8 Å². The minimum Gasteiger partial charge on any atom is -0.495 e. The lowest BCUT2D eigenvalue weighted by Crippen LogP contribution is -2.51. The Morgan fingerprint density at radius 2 is 1.94 bits per heavy atom. The molecule has 0 atom stereocenters. The van der Waals surface area contributed by atoms with Gasteiger partial charge in [-0.05, 0) is 49.8 Å². The molecule has 0 bridgehead atoms. The van der Waals surface area contributed by atoms with Crippen molar-refractivity contribution in [3.63, 3.8) is 0 Å². The van der Waals surface area contributed by atoms with E-state index in [0.717, 1.165) is 18.9 Å². The van der Waals surface area contributed by atoms with Crippen molar-refractivity contribution in [2.75, 3.05) is 27.4 Å². The maximum Gasteiger partial charge on any atom is 0.344 e. The van der Waals surface area contributed by atoms with Gasteiger partial charge in [-0.1, -0.05) is 6.92 Å². The SMILES string of the molecule is COCCNS(=O)(=O)c1cc(C(=O)NN2C(=O)NC3(CCC(C)CC3)C2=O)ccc1OC. The predicted octanol–water partition coefficient (Wildman–Crippen LogP) is 0.765. The van der Waals surface area contributed by atoms with Gasteiger partial charge in [-0.2, -0.15) is 5.01 Å². The summed E-state index contributed by atoms with van der Waals surface area (Å²) >= 11 is 0. The third kappa shape index (κ3) is 4.71. The number of nitrogens with zero attached hydrogens (tertiary/aromatic N) is 1. The first-order chi connectivity index (χ1) is 15.1. The highest BCUT2D eigenvalue weighted by molar-refractivity contribution is 7.89. The average Bonchev–Trinajstić information content (AvgIpc) is 2.99. The van der Waals surface area contributed by atoms with Crippen molar-refractivity contribution >= 4 is 27.9 Å². The summed E-state index contributed by atoms with van der Waals surface area (Å²) in [6, 6.07) is 3.09. The van der Waals surface area contributed by atoms with Crippen molar-refractivity contribution in [3.8, 4) is 5.75 Å². The molecular formula is C20H28N4O7S. The van der Waals surface area contributed by atoms with Gasteiger partial charge in [0.25, 0.3) is 11.8 Å². The molecule has 0 aromatic heterocycles. The number of hydrazine groups is 1. The monoisotopic (exact) mass is 468 g/mol. The second-order valence-electron chi connectivity index (χ2n) is 8.03. The van der Waals surface area contributed by atoms with Crippen molar-refractivity contribution in [1.82, 2.24) is 20.5 Å². The first-order valence-electron chi connectivity index (χ1n) is 10.3. The van der Waals surface area contributed by atoms with Crippen LogP contribution in [0.3, 0.4) is 0 Å². The zero-order chi connectivity index (χ0) is 23.5. The van der Waals surface area contributed by atoms with Crippen LogP contribution >= 0.6 is 0 Å². The molecule has 176 valence electrons. The molecule has 12 heteroatoms. The van der Waals surface area contributed by atoms with Crippen LogP contribution in [0.2, 0.25) is 0 Å². The Morgan fingerprint density at radius 1 is 1.25 bits per heavy atom. The smallest absolute Gasteiger partial charge is 0.344 e. The summed E-state index contributed by atoms with van der Waals surface area (Å²) < 4.78 is 37.6. The number of urea groups is 1. The maximum atomic E-state index is 12.9. The van der Waals surface area contributed by atoms with E-state index >= 15 is 0 Å². The van der Waals surface area contributed by atoms with E-state index < -0.39 is 33.4 Å². The van der Waals surface area contributed by atoms with E-state index in [-0.39, 0.29) is 29.4 Å². The molecular weight excluding hydrogens is 440 g/mol. The lowest BCUT2D eigenvalue weighted by Gasteiger charge is -2.33. The summed E-state index contributed by atoms with van der Waals surface area (Å²) in [7, 11) is -1.26. The minimum absolute atomic E-state index is 0.0293. The fourth-order valence-electron chi connectivity index (χ4n) is 3.87. The molecule has 32 heavy (non-hydrogen) atoms. The van der Waals surface area contributed by atoms with Gasteiger partial charge in [0.2, 0.25) is 10.0 Å². The van der Waals surface area contributed by atoms with Crippen LogP contribution in [-0.4, -0.2) is 64.2 Å². The highest BCUT2D eigenvalue weighted by Crippen LogP contribution is 2.36. The first kappa shape index (κ1) is 24.0. The summed E-state index contributed by atoms with van der Waals surface area (Å²) in [6.45, 7) is 2.28. The fraction of sp³-hybridized carbons (Fsp3) is 0.550. The number of carbonyl (C=O) groups is 3. The van der Waals surface area contributed by atoms with Crippen molar-refractivity contribution in [3.05, 3.63) is 23.8 Å². The van der Waals surface area contributed by atoms with Gasteiger partial charge in [0.05, 0.1) is 13.7 Å². The van der Waals surface area contributed by atoms with E-state index in [1.54, 1.807) is 0 Å². The van der Waals surface area contributed by atoms with E-state index in [1.807, 2.05) is 0 Å². The molecule has 1 aromatic carbocycles. The number of hydrogen-bond donors (Lipinski definition) is 3. The van der Waals surface area contributed by atoms with Crippen LogP contribution in [0.1, 0.15) is 43.0 Å². The molecule has 1 saturated heterocycles. The molecule has 1 aliphatic heterocycles. The summed E-state index contributed by atoms with van der Waals surface area (Å²) in [5, 5.41) is 3.39.